The van der Waals surface area contributed by atoms with Crippen LogP contribution < -0.4 is 14.4 Å². The summed E-state index contributed by atoms with van der Waals surface area (Å²) in [6.45, 7) is 7.41. The van der Waals surface area contributed by atoms with E-state index in [-0.39, 0.29) is 40.9 Å². The van der Waals surface area contributed by atoms with E-state index < -0.39 is 5.97 Å². The van der Waals surface area contributed by atoms with Crippen molar-refractivity contribution in [3.63, 3.8) is 0 Å². The van der Waals surface area contributed by atoms with Crippen LogP contribution in [0.25, 0.3) is 0 Å². The van der Waals surface area contributed by atoms with Gasteiger partial charge in [0.2, 0.25) is 0 Å². The lowest BCUT2D eigenvalue weighted by Crippen LogP contribution is -2.50. The maximum Gasteiger partial charge on any atom is 0.326 e. The molecule has 0 saturated carbocycles. The molecule has 2 aromatic carbocycles. The van der Waals surface area contributed by atoms with Gasteiger partial charge in [0.25, 0.3) is 0 Å². The minimum atomic E-state index is -0.541. The lowest BCUT2D eigenvalue weighted by Gasteiger charge is -2.32. The number of morpholine rings is 1. The summed E-state index contributed by atoms with van der Waals surface area (Å²) in [5, 5.41) is 0.385. The molecule has 0 radical (unpaired) electrons. The number of carbonyl (C=O) groups is 2. The lowest BCUT2D eigenvalue weighted by molar-refractivity contribution is -0.141. The van der Waals surface area contributed by atoms with Crippen LogP contribution in [0.1, 0.15) is 32.3 Å². The summed E-state index contributed by atoms with van der Waals surface area (Å²) in [4.78, 5) is 28.4. The van der Waals surface area contributed by atoms with Crippen LogP contribution in [0.5, 0.6) is 17.2 Å². The number of carbonyl (C=O) groups excluding carboxylic acids is 2. The van der Waals surface area contributed by atoms with E-state index in [0.717, 1.165) is 11.3 Å². The van der Waals surface area contributed by atoms with Gasteiger partial charge >= 0.3 is 12.0 Å². The Morgan fingerprint density at radius 2 is 1.77 bits per heavy atom. The SMILES string of the molecule is CCOC(=O)CN(C(=O)N1CCOCC1)c1cc(Cl)c(Oc2ccc(OC)c(C(C)C)c2)c(Cl)c1. The molecular weight excluding hydrogens is 495 g/mol. The minimum absolute atomic E-state index is 0.193. The Bertz CT molecular complexity index is 1030. The predicted octanol–water partition coefficient (Wildman–Crippen LogP) is 5.74. The Morgan fingerprint density at radius 1 is 1.11 bits per heavy atom. The highest BCUT2D eigenvalue weighted by Gasteiger charge is 2.28. The third-order valence-corrected chi connectivity index (χ3v) is 6.00. The van der Waals surface area contributed by atoms with Gasteiger partial charge in [-0.2, -0.15) is 0 Å². The van der Waals surface area contributed by atoms with E-state index >= 15 is 0 Å². The number of nitrogens with zero attached hydrogens (tertiary/aromatic N) is 2. The van der Waals surface area contributed by atoms with Crippen molar-refractivity contribution >= 4 is 40.9 Å². The molecule has 190 valence electrons. The van der Waals surface area contributed by atoms with Crippen LogP contribution in [0.3, 0.4) is 0 Å². The van der Waals surface area contributed by atoms with Crippen LogP contribution in [-0.2, 0) is 14.3 Å². The third-order valence-electron chi connectivity index (χ3n) is 5.44. The maximum atomic E-state index is 13.3. The number of methoxy groups -OCH3 is 1. The monoisotopic (exact) mass is 524 g/mol. The smallest absolute Gasteiger partial charge is 0.326 e. The molecule has 1 heterocycles. The van der Waals surface area contributed by atoms with Gasteiger partial charge in [0.05, 0.1) is 37.0 Å². The van der Waals surface area contributed by atoms with Crippen molar-refractivity contribution in [2.45, 2.75) is 26.7 Å². The Balaban J connectivity index is 1.92. The van der Waals surface area contributed by atoms with E-state index in [1.807, 2.05) is 12.1 Å². The molecule has 0 unspecified atom stereocenters. The highest BCUT2D eigenvalue weighted by molar-refractivity contribution is 6.37. The van der Waals surface area contributed by atoms with Crippen molar-refractivity contribution in [2.24, 2.45) is 0 Å². The highest BCUT2D eigenvalue weighted by Crippen LogP contribution is 2.41. The Labute approximate surface area is 215 Å². The van der Waals surface area contributed by atoms with Gasteiger partial charge in [0.1, 0.15) is 18.0 Å². The Morgan fingerprint density at radius 3 is 2.34 bits per heavy atom. The van der Waals surface area contributed by atoms with Crippen molar-refractivity contribution in [1.29, 1.82) is 0 Å². The zero-order chi connectivity index (χ0) is 25.5. The van der Waals surface area contributed by atoms with Crippen molar-refractivity contribution in [2.75, 3.05) is 51.5 Å². The first-order valence-corrected chi connectivity index (χ1v) is 12.1. The second kappa shape index (κ2) is 12.3. The number of rotatable bonds is 8. The van der Waals surface area contributed by atoms with Crippen LogP contribution in [0, 0.1) is 0 Å². The first kappa shape index (κ1) is 26.9. The first-order valence-electron chi connectivity index (χ1n) is 11.4. The van der Waals surface area contributed by atoms with Gasteiger partial charge in [0.15, 0.2) is 5.75 Å². The normalized spacial score (nSPS) is 13.5. The molecule has 1 saturated heterocycles. The minimum Gasteiger partial charge on any atom is -0.496 e. The van der Waals surface area contributed by atoms with E-state index in [1.165, 1.54) is 4.90 Å². The van der Waals surface area contributed by atoms with E-state index in [4.69, 9.17) is 42.1 Å². The molecule has 1 aliphatic heterocycles. The van der Waals surface area contributed by atoms with Gasteiger partial charge in [-0.1, -0.05) is 37.0 Å². The van der Waals surface area contributed by atoms with Crippen molar-refractivity contribution < 1.29 is 28.5 Å². The molecule has 0 N–H and O–H groups in total. The van der Waals surface area contributed by atoms with Crippen LogP contribution in [0.15, 0.2) is 30.3 Å². The zero-order valence-corrected chi connectivity index (χ0v) is 21.8. The summed E-state index contributed by atoms with van der Waals surface area (Å²) in [5.41, 5.74) is 1.33. The van der Waals surface area contributed by atoms with E-state index in [9.17, 15) is 9.59 Å². The quantitative estimate of drug-likeness (QED) is 0.409. The Hall–Kier alpha value is -2.68. The van der Waals surface area contributed by atoms with Gasteiger partial charge in [0, 0.05) is 24.3 Å². The average Bonchev–Trinajstić information content (AvgIpc) is 2.84. The number of hydrogen-bond donors (Lipinski definition) is 0. The van der Waals surface area contributed by atoms with E-state index in [0.29, 0.717) is 37.7 Å². The number of urea groups is 1. The number of benzene rings is 2. The molecule has 3 rings (SSSR count). The average molecular weight is 525 g/mol. The lowest BCUT2D eigenvalue weighted by atomic mass is 10.0. The fourth-order valence-electron chi connectivity index (χ4n) is 3.68. The van der Waals surface area contributed by atoms with E-state index in [1.54, 1.807) is 37.1 Å². The zero-order valence-electron chi connectivity index (χ0n) is 20.3. The van der Waals surface area contributed by atoms with Crippen LogP contribution >= 0.6 is 23.2 Å². The fraction of sp³-hybridized carbons (Fsp3) is 0.440. The summed E-state index contributed by atoms with van der Waals surface area (Å²) in [7, 11) is 1.62. The number of amides is 2. The molecule has 0 spiro atoms. The molecule has 8 nitrogen and oxygen atoms in total. The summed E-state index contributed by atoms with van der Waals surface area (Å²) in [6, 6.07) is 8.20. The second-order valence-electron chi connectivity index (χ2n) is 8.17. The van der Waals surface area contributed by atoms with Gasteiger partial charge in [-0.15, -0.1) is 0 Å². The van der Waals surface area contributed by atoms with Gasteiger partial charge in [-0.25, -0.2) is 4.79 Å². The fourth-order valence-corrected chi connectivity index (χ4v) is 4.23. The summed E-state index contributed by atoms with van der Waals surface area (Å²) >= 11 is 13.1. The highest BCUT2D eigenvalue weighted by atomic mass is 35.5. The summed E-state index contributed by atoms with van der Waals surface area (Å²) in [5.74, 6) is 1.22. The van der Waals surface area contributed by atoms with Gasteiger partial charge < -0.3 is 23.8 Å². The predicted molar refractivity (Wildman–Crippen MR) is 135 cm³/mol. The van der Waals surface area contributed by atoms with Crippen LogP contribution in [0.2, 0.25) is 10.0 Å². The third kappa shape index (κ3) is 6.72. The molecule has 1 fully saturated rings. The molecule has 2 amide bonds. The summed E-state index contributed by atoms with van der Waals surface area (Å²) < 4.78 is 21.8. The molecule has 0 bridgehead atoms. The molecule has 35 heavy (non-hydrogen) atoms. The second-order valence-corrected chi connectivity index (χ2v) is 8.99. The number of esters is 1. The number of ether oxygens (including phenoxy) is 4. The molecule has 0 aromatic heterocycles. The van der Waals surface area contributed by atoms with Crippen molar-refractivity contribution in [3.05, 3.63) is 45.9 Å². The van der Waals surface area contributed by atoms with Crippen molar-refractivity contribution in [1.82, 2.24) is 4.90 Å². The molecular formula is C25H30Cl2N2O6. The molecule has 0 atom stereocenters. The topological polar surface area (TPSA) is 77.5 Å². The molecule has 10 heteroatoms. The number of hydrogen-bond acceptors (Lipinski definition) is 6. The van der Waals surface area contributed by atoms with Crippen LogP contribution in [-0.4, -0.2) is 63.5 Å². The van der Waals surface area contributed by atoms with E-state index in [2.05, 4.69) is 13.8 Å². The molecule has 1 aliphatic rings. The maximum absolute atomic E-state index is 13.3. The van der Waals surface area contributed by atoms with Gasteiger partial charge in [-0.3, -0.25) is 9.69 Å². The summed E-state index contributed by atoms with van der Waals surface area (Å²) in [6.07, 6.45) is 0. The van der Waals surface area contributed by atoms with Crippen molar-refractivity contribution in [3.8, 4) is 17.2 Å². The number of anilines is 1. The molecule has 0 aliphatic carbocycles. The van der Waals surface area contributed by atoms with Gasteiger partial charge in [-0.05, 0) is 43.2 Å². The van der Waals surface area contributed by atoms with Crippen LogP contribution in [0.4, 0.5) is 10.5 Å². The largest absolute Gasteiger partial charge is 0.496 e. The number of halogens is 2. The standard InChI is InChI=1S/C25H30Cl2N2O6/c1-5-34-23(30)15-29(25(31)28-8-10-33-11-9-28)17-12-20(26)24(21(27)13-17)35-18-6-7-22(32-4)19(14-18)16(2)3/h6-7,12-14,16H,5,8-11,15H2,1-4H3. The first-order chi connectivity index (χ1) is 16.7. The Kier molecular flexibility index (Phi) is 9.48. The molecule has 2 aromatic rings.